The Morgan fingerprint density at radius 2 is 2.16 bits per heavy atom. The quantitative estimate of drug-likeness (QED) is 0.808. The molecule has 0 bridgehead atoms. The summed E-state index contributed by atoms with van der Waals surface area (Å²) in [5.74, 6) is 2.35. The summed E-state index contributed by atoms with van der Waals surface area (Å²) >= 11 is 0. The van der Waals surface area contributed by atoms with E-state index in [1.807, 2.05) is 0 Å². The first-order valence-corrected chi connectivity index (χ1v) is 7.89. The molecule has 1 saturated heterocycles. The molecule has 1 aromatic rings. The van der Waals surface area contributed by atoms with E-state index in [9.17, 15) is 8.42 Å². The zero-order valence-electron chi connectivity index (χ0n) is 11.0. The van der Waals surface area contributed by atoms with Gasteiger partial charge in [-0.15, -0.1) is 0 Å². The van der Waals surface area contributed by atoms with Gasteiger partial charge in [0.25, 0.3) is 0 Å². The van der Waals surface area contributed by atoms with Gasteiger partial charge in [-0.25, -0.2) is 18.4 Å². The van der Waals surface area contributed by atoms with Gasteiger partial charge in [0.15, 0.2) is 21.5 Å². The lowest BCUT2D eigenvalue weighted by atomic mass is 10.1. The highest BCUT2D eigenvalue weighted by Crippen LogP contribution is 2.29. The fourth-order valence-corrected chi connectivity index (χ4v) is 4.01. The predicted octanol–water partition coefficient (Wildman–Crippen LogP) is 0.374. The summed E-state index contributed by atoms with van der Waals surface area (Å²) in [6.07, 6.45) is 2.13. The van der Waals surface area contributed by atoms with E-state index in [2.05, 4.69) is 20.6 Å². The van der Waals surface area contributed by atoms with Crippen molar-refractivity contribution in [2.45, 2.75) is 6.42 Å². The molecular weight excluding hydrogens is 268 g/mol. The third kappa shape index (κ3) is 3.25. The Labute approximate surface area is 112 Å². The second kappa shape index (κ2) is 5.60. The van der Waals surface area contributed by atoms with Crippen molar-refractivity contribution >= 4 is 21.5 Å². The molecule has 1 fully saturated rings. The summed E-state index contributed by atoms with van der Waals surface area (Å²) in [4.78, 5) is 8.17. The first kappa shape index (κ1) is 13.9. The van der Waals surface area contributed by atoms with Gasteiger partial charge in [0, 0.05) is 13.6 Å². The second-order valence-electron chi connectivity index (χ2n) is 4.50. The Bertz CT molecular complexity index is 547. The van der Waals surface area contributed by atoms with Crippen LogP contribution in [0.1, 0.15) is 6.42 Å². The van der Waals surface area contributed by atoms with Crippen molar-refractivity contribution in [3.63, 3.8) is 0 Å². The van der Waals surface area contributed by atoms with Crippen molar-refractivity contribution in [2.24, 2.45) is 5.92 Å². The van der Waals surface area contributed by atoms with Gasteiger partial charge in [-0.3, -0.25) is 0 Å². The van der Waals surface area contributed by atoms with Crippen molar-refractivity contribution in [1.82, 2.24) is 9.97 Å². The number of rotatable bonds is 5. The molecule has 0 aliphatic carbocycles. The summed E-state index contributed by atoms with van der Waals surface area (Å²) in [5.41, 5.74) is 0. The molecule has 0 amide bonds. The molecule has 1 aliphatic rings. The Morgan fingerprint density at radius 3 is 2.74 bits per heavy atom. The molecule has 2 heterocycles. The number of anilines is 2. The number of hydrogen-bond acceptors (Lipinski definition) is 7. The zero-order chi connectivity index (χ0) is 13.9. The Morgan fingerprint density at radius 1 is 1.42 bits per heavy atom. The second-order valence-corrected chi connectivity index (χ2v) is 6.73. The first-order chi connectivity index (χ1) is 9.05. The van der Waals surface area contributed by atoms with Crippen LogP contribution in [-0.4, -0.2) is 50.6 Å². The van der Waals surface area contributed by atoms with Gasteiger partial charge in [0.2, 0.25) is 5.75 Å². The SMILES string of the molecule is CNc1ncnc(NCC2CCS(=O)(=O)C2)c1OC. The van der Waals surface area contributed by atoms with Gasteiger partial charge < -0.3 is 15.4 Å². The molecule has 0 saturated carbocycles. The fraction of sp³-hybridized carbons (Fsp3) is 0.636. The van der Waals surface area contributed by atoms with Gasteiger partial charge in [-0.1, -0.05) is 0 Å². The molecule has 0 radical (unpaired) electrons. The molecular formula is C11H18N4O3S. The van der Waals surface area contributed by atoms with Crippen molar-refractivity contribution in [3.05, 3.63) is 6.33 Å². The van der Waals surface area contributed by atoms with Gasteiger partial charge in [-0.2, -0.15) is 0 Å². The van der Waals surface area contributed by atoms with Crippen LogP contribution in [0.15, 0.2) is 6.33 Å². The summed E-state index contributed by atoms with van der Waals surface area (Å²) in [6, 6.07) is 0. The monoisotopic (exact) mass is 286 g/mol. The molecule has 1 atom stereocenters. The van der Waals surface area contributed by atoms with E-state index in [0.717, 1.165) is 0 Å². The van der Waals surface area contributed by atoms with E-state index in [4.69, 9.17) is 4.74 Å². The number of nitrogens with zero attached hydrogens (tertiary/aromatic N) is 2. The van der Waals surface area contributed by atoms with E-state index in [0.29, 0.717) is 30.4 Å². The molecule has 106 valence electrons. The van der Waals surface area contributed by atoms with E-state index >= 15 is 0 Å². The molecule has 1 aliphatic heterocycles. The molecule has 0 spiro atoms. The molecule has 8 heteroatoms. The van der Waals surface area contributed by atoms with Gasteiger partial charge in [0.1, 0.15) is 6.33 Å². The minimum absolute atomic E-state index is 0.128. The molecule has 0 aromatic carbocycles. The maximum atomic E-state index is 11.4. The Balaban J connectivity index is 2.04. The predicted molar refractivity (Wildman–Crippen MR) is 73.4 cm³/mol. The Hall–Kier alpha value is -1.57. The van der Waals surface area contributed by atoms with Crippen LogP contribution in [0.25, 0.3) is 0 Å². The summed E-state index contributed by atoms with van der Waals surface area (Å²) in [6.45, 7) is 0.565. The maximum Gasteiger partial charge on any atom is 0.204 e. The van der Waals surface area contributed by atoms with Gasteiger partial charge in [-0.05, 0) is 12.3 Å². The fourth-order valence-electron chi connectivity index (χ4n) is 2.15. The third-order valence-corrected chi connectivity index (χ3v) is 4.97. The number of aromatic nitrogens is 2. The highest BCUT2D eigenvalue weighted by atomic mass is 32.2. The van der Waals surface area contributed by atoms with Crippen molar-refractivity contribution in [2.75, 3.05) is 42.8 Å². The van der Waals surface area contributed by atoms with Crippen molar-refractivity contribution in [1.29, 1.82) is 0 Å². The number of ether oxygens (including phenoxy) is 1. The molecule has 19 heavy (non-hydrogen) atoms. The minimum atomic E-state index is -2.84. The van der Waals surface area contributed by atoms with E-state index in [-0.39, 0.29) is 17.4 Å². The Kier molecular flexibility index (Phi) is 4.08. The molecule has 7 nitrogen and oxygen atoms in total. The highest BCUT2D eigenvalue weighted by Gasteiger charge is 2.27. The van der Waals surface area contributed by atoms with E-state index < -0.39 is 9.84 Å². The van der Waals surface area contributed by atoms with Crippen LogP contribution in [0.4, 0.5) is 11.6 Å². The first-order valence-electron chi connectivity index (χ1n) is 6.06. The van der Waals surface area contributed by atoms with E-state index in [1.54, 1.807) is 14.2 Å². The molecule has 2 N–H and O–H groups in total. The van der Waals surface area contributed by atoms with Gasteiger partial charge >= 0.3 is 0 Å². The minimum Gasteiger partial charge on any atom is -0.490 e. The van der Waals surface area contributed by atoms with E-state index in [1.165, 1.54) is 6.33 Å². The van der Waals surface area contributed by atoms with Crippen LogP contribution in [0.5, 0.6) is 5.75 Å². The van der Waals surface area contributed by atoms with Crippen molar-refractivity contribution in [3.8, 4) is 5.75 Å². The molecule has 1 aromatic heterocycles. The summed E-state index contributed by atoms with van der Waals surface area (Å²) < 4.78 is 28.0. The van der Waals surface area contributed by atoms with Crippen LogP contribution >= 0.6 is 0 Å². The lowest BCUT2D eigenvalue weighted by molar-refractivity contribution is 0.414. The largest absolute Gasteiger partial charge is 0.490 e. The number of methoxy groups -OCH3 is 1. The van der Waals surface area contributed by atoms with Crippen LogP contribution in [0.2, 0.25) is 0 Å². The average Bonchev–Trinajstić information content (AvgIpc) is 2.75. The average molecular weight is 286 g/mol. The third-order valence-electron chi connectivity index (χ3n) is 3.13. The number of hydrogen-bond donors (Lipinski definition) is 2. The van der Waals surface area contributed by atoms with Crippen LogP contribution in [-0.2, 0) is 9.84 Å². The summed E-state index contributed by atoms with van der Waals surface area (Å²) in [5, 5.41) is 6.05. The number of nitrogens with one attached hydrogen (secondary N) is 2. The zero-order valence-corrected chi connectivity index (χ0v) is 11.8. The van der Waals surface area contributed by atoms with Crippen molar-refractivity contribution < 1.29 is 13.2 Å². The lowest BCUT2D eigenvalue weighted by Crippen LogP contribution is -2.17. The smallest absolute Gasteiger partial charge is 0.204 e. The topological polar surface area (TPSA) is 93.2 Å². The maximum absolute atomic E-state index is 11.4. The standard InChI is InChI=1S/C11H18N4O3S/c1-12-10-9(18-2)11(15-7-14-10)13-5-8-3-4-19(16,17)6-8/h7-8H,3-6H2,1-2H3,(H2,12,13,14,15). The number of sulfone groups is 1. The summed E-state index contributed by atoms with van der Waals surface area (Å²) in [7, 11) is 0.450. The lowest BCUT2D eigenvalue weighted by Gasteiger charge is -2.14. The molecule has 1 unspecified atom stereocenters. The highest BCUT2D eigenvalue weighted by molar-refractivity contribution is 7.91. The van der Waals surface area contributed by atoms with Crippen LogP contribution in [0, 0.1) is 5.92 Å². The molecule has 2 rings (SSSR count). The van der Waals surface area contributed by atoms with Crippen LogP contribution in [0.3, 0.4) is 0 Å². The van der Waals surface area contributed by atoms with Crippen LogP contribution < -0.4 is 15.4 Å². The normalized spacial score (nSPS) is 21.1. The van der Waals surface area contributed by atoms with Gasteiger partial charge in [0.05, 0.1) is 18.6 Å².